The largest absolute Gasteiger partial charge is 0.504 e. The number of phenols is 1. The van der Waals surface area contributed by atoms with E-state index >= 15 is 0 Å². The molecule has 3 N–H and O–H groups in total. The third kappa shape index (κ3) is 1.82. The third-order valence-electron chi connectivity index (χ3n) is 2.19. The summed E-state index contributed by atoms with van der Waals surface area (Å²) >= 11 is 0. The zero-order chi connectivity index (χ0) is 10.9. The van der Waals surface area contributed by atoms with Gasteiger partial charge in [-0.05, 0) is 32.4 Å². The molecule has 0 atom stereocenters. The van der Waals surface area contributed by atoms with Gasteiger partial charge in [-0.15, -0.1) is 0 Å². The van der Waals surface area contributed by atoms with E-state index in [1.54, 1.807) is 6.07 Å². The number of rotatable bonds is 2. The van der Waals surface area contributed by atoms with Crippen LogP contribution in [-0.4, -0.2) is 12.2 Å². The Hall–Kier alpha value is -1.22. The van der Waals surface area contributed by atoms with E-state index in [1.807, 2.05) is 26.8 Å². The lowest BCUT2D eigenvalue weighted by Crippen LogP contribution is -2.30. The molecule has 0 radical (unpaired) electrons. The minimum Gasteiger partial charge on any atom is -0.504 e. The Morgan fingerprint density at radius 3 is 2.29 bits per heavy atom. The maximum atomic E-state index is 9.60. The van der Waals surface area contributed by atoms with Gasteiger partial charge in [-0.25, -0.2) is 0 Å². The van der Waals surface area contributed by atoms with E-state index in [1.165, 1.54) is 7.11 Å². The van der Waals surface area contributed by atoms with Gasteiger partial charge in [0, 0.05) is 11.1 Å². The minimum absolute atomic E-state index is 0.131. The Morgan fingerprint density at radius 1 is 1.36 bits per heavy atom. The van der Waals surface area contributed by atoms with Crippen molar-refractivity contribution in [2.75, 3.05) is 7.11 Å². The van der Waals surface area contributed by atoms with Gasteiger partial charge in [0.15, 0.2) is 11.5 Å². The van der Waals surface area contributed by atoms with Crippen LogP contribution in [0.4, 0.5) is 0 Å². The summed E-state index contributed by atoms with van der Waals surface area (Å²) in [7, 11) is 1.53. The van der Waals surface area contributed by atoms with Crippen molar-refractivity contribution in [2.45, 2.75) is 26.3 Å². The fraction of sp³-hybridized carbons (Fsp3) is 0.455. The molecule has 0 aliphatic rings. The van der Waals surface area contributed by atoms with Crippen molar-refractivity contribution in [1.29, 1.82) is 0 Å². The summed E-state index contributed by atoms with van der Waals surface area (Å²) in [6.07, 6.45) is 0. The van der Waals surface area contributed by atoms with Crippen molar-refractivity contribution in [2.24, 2.45) is 5.73 Å². The molecule has 0 saturated carbocycles. The van der Waals surface area contributed by atoms with E-state index in [9.17, 15) is 5.11 Å². The van der Waals surface area contributed by atoms with Crippen LogP contribution >= 0.6 is 0 Å². The van der Waals surface area contributed by atoms with Gasteiger partial charge in [0.05, 0.1) is 7.11 Å². The van der Waals surface area contributed by atoms with E-state index < -0.39 is 5.54 Å². The van der Waals surface area contributed by atoms with Gasteiger partial charge in [-0.2, -0.15) is 0 Å². The zero-order valence-electron chi connectivity index (χ0n) is 9.09. The first-order chi connectivity index (χ1) is 6.38. The summed E-state index contributed by atoms with van der Waals surface area (Å²) in [6, 6.07) is 3.45. The zero-order valence-corrected chi connectivity index (χ0v) is 9.09. The summed E-state index contributed by atoms with van der Waals surface area (Å²) in [5.74, 6) is 0.601. The van der Waals surface area contributed by atoms with Crippen molar-refractivity contribution in [3.8, 4) is 11.5 Å². The predicted octanol–water partition coefficient (Wildman–Crippen LogP) is 1.90. The van der Waals surface area contributed by atoms with E-state index in [4.69, 9.17) is 10.5 Å². The third-order valence-corrected chi connectivity index (χ3v) is 2.19. The quantitative estimate of drug-likeness (QED) is 0.757. The van der Waals surface area contributed by atoms with Gasteiger partial charge in [-0.1, -0.05) is 6.07 Å². The number of methoxy groups -OCH3 is 1. The molecule has 0 fully saturated rings. The number of nitrogens with two attached hydrogens (primary N) is 1. The van der Waals surface area contributed by atoms with Gasteiger partial charge < -0.3 is 15.6 Å². The molecule has 1 aromatic carbocycles. The first-order valence-electron chi connectivity index (χ1n) is 4.54. The fourth-order valence-electron chi connectivity index (χ4n) is 1.68. The summed E-state index contributed by atoms with van der Waals surface area (Å²) in [6.45, 7) is 5.72. The van der Waals surface area contributed by atoms with Crippen molar-refractivity contribution in [3.63, 3.8) is 0 Å². The molecule has 0 bridgehead atoms. The first-order valence-corrected chi connectivity index (χ1v) is 4.54. The summed E-state index contributed by atoms with van der Waals surface area (Å²) < 4.78 is 5.15. The van der Waals surface area contributed by atoms with E-state index in [0.717, 1.165) is 11.1 Å². The molecule has 0 aromatic heterocycles. The maximum Gasteiger partial charge on any atom is 0.165 e. The molecular weight excluding hydrogens is 178 g/mol. The number of benzene rings is 1. The summed E-state index contributed by atoms with van der Waals surface area (Å²) in [5.41, 5.74) is 7.36. The molecule has 3 heteroatoms. The highest BCUT2D eigenvalue weighted by molar-refractivity contribution is 5.52. The maximum absolute atomic E-state index is 9.60. The number of ether oxygens (including phenoxy) is 1. The highest BCUT2D eigenvalue weighted by Gasteiger charge is 2.23. The van der Waals surface area contributed by atoms with Crippen LogP contribution in [0.1, 0.15) is 25.0 Å². The smallest absolute Gasteiger partial charge is 0.165 e. The molecule has 0 aliphatic carbocycles. The highest BCUT2D eigenvalue weighted by atomic mass is 16.5. The Morgan fingerprint density at radius 2 is 1.93 bits per heavy atom. The average Bonchev–Trinajstić information content (AvgIpc) is 2.06. The van der Waals surface area contributed by atoms with Crippen molar-refractivity contribution in [1.82, 2.24) is 0 Å². The Bertz CT molecular complexity index is 340. The van der Waals surface area contributed by atoms with Crippen LogP contribution in [0.3, 0.4) is 0 Å². The van der Waals surface area contributed by atoms with Crippen LogP contribution in [0, 0.1) is 6.92 Å². The summed E-state index contributed by atoms with van der Waals surface area (Å²) in [4.78, 5) is 0. The van der Waals surface area contributed by atoms with Crippen LogP contribution < -0.4 is 10.5 Å². The first kappa shape index (κ1) is 10.9. The second-order valence-electron chi connectivity index (χ2n) is 4.03. The molecule has 1 aromatic rings. The summed E-state index contributed by atoms with van der Waals surface area (Å²) in [5, 5.41) is 9.60. The van der Waals surface area contributed by atoms with E-state index in [-0.39, 0.29) is 5.75 Å². The molecular formula is C11H17NO2. The van der Waals surface area contributed by atoms with Gasteiger partial charge in [-0.3, -0.25) is 0 Å². The molecule has 0 amide bonds. The van der Waals surface area contributed by atoms with Crippen LogP contribution in [0.2, 0.25) is 0 Å². The van der Waals surface area contributed by atoms with Crippen LogP contribution in [0.15, 0.2) is 12.1 Å². The predicted molar refractivity (Wildman–Crippen MR) is 56.6 cm³/mol. The molecule has 0 saturated heterocycles. The highest BCUT2D eigenvalue weighted by Crippen LogP contribution is 2.37. The van der Waals surface area contributed by atoms with Crippen molar-refractivity contribution in [3.05, 3.63) is 23.3 Å². The number of hydrogen-bond acceptors (Lipinski definition) is 3. The second-order valence-corrected chi connectivity index (χ2v) is 4.03. The minimum atomic E-state index is -0.520. The van der Waals surface area contributed by atoms with E-state index in [0.29, 0.717) is 5.75 Å². The van der Waals surface area contributed by atoms with Crippen LogP contribution in [0.25, 0.3) is 0 Å². The monoisotopic (exact) mass is 195 g/mol. The van der Waals surface area contributed by atoms with Crippen LogP contribution in [-0.2, 0) is 5.54 Å². The number of aromatic hydroxyl groups is 1. The van der Waals surface area contributed by atoms with Crippen molar-refractivity contribution >= 4 is 0 Å². The normalized spacial score (nSPS) is 11.5. The number of hydrogen-bond donors (Lipinski definition) is 2. The average molecular weight is 195 g/mol. The standard InChI is InChI=1S/C11H17NO2/c1-7-5-6-8(13)10(14-4)9(7)11(2,3)12/h5-6,13H,12H2,1-4H3. The Balaban J connectivity index is 3.46. The molecule has 3 nitrogen and oxygen atoms in total. The van der Waals surface area contributed by atoms with Gasteiger partial charge in [0.25, 0.3) is 0 Å². The van der Waals surface area contributed by atoms with Crippen molar-refractivity contribution < 1.29 is 9.84 Å². The molecule has 1 rings (SSSR count). The van der Waals surface area contributed by atoms with E-state index in [2.05, 4.69) is 0 Å². The molecule has 78 valence electrons. The second kappa shape index (κ2) is 3.50. The number of phenolic OH excluding ortho intramolecular Hbond substituents is 1. The molecule has 0 unspecified atom stereocenters. The van der Waals surface area contributed by atoms with Gasteiger partial charge in [0.2, 0.25) is 0 Å². The molecule has 0 aliphatic heterocycles. The lowest BCUT2D eigenvalue weighted by molar-refractivity contribution is 0.357. The lowest BCUT2D eigenvalue weighted by Gasteiger charge is -2.24. The van der Waals surface area contributed by atoms with Crippen LogP contribution in [0.5, 0.6) is 11.5 Å². The fourth-order valence-corrected chi connectivity index (χ4v) is 1.68. The lowest BCUT2D eigenvalue weighted by atomic mass is 9.90. The SMILES string of the molecule is COc1c(O)ccc(C)c1C(C)(C)N. The molecule has 0 spiro atoms. The topological polar surface area (TPSA) is 55.5 Å². The van der Waals surface area contributed by atoms with Gasteiger partial charge >= 0.3 is 0 Å². The molecule has 14 heavy (non-hydrogen) atoms. The van der Waals surface area contributed by atoms with Gasteiger partial charge in [0.1, 0.15) is 0 Å². The Labute approximate surface area is 84.5 Å². The Kier molecular flexibility index (Phi) is 2.71. The number of aryl methyl sites for hydroxylation is 1. The molecule has 0 heterocycles.